The van der Waals surface area contributed by atoms with Crippen LogP contribution in [0.25, 0.3) is 0 Å². The first kappa shape index (κ1) is 12.0. The molecule has 0 bridgehead atoms. The van der Waals surface area contributed by atoms with Crippen molar-refractivity contribution in [3.05, 3.63) is 65.6 Å². The average molecular weight is 254 g/mol. The molecule has 0 spiro atoms. The number of nitroso groups, excluding NO2 is 1. The predicted octanol–water partition coefficient (Wildman–Crippen LogP) is 3.33. The van der Waals surface area contributed by atoms with E-state index in [4.69, 9.17) is 0 Å². The lowest BCUT2D eigenvalue weighted by molar-refractivity contribution is 0.174. The van der Waals surface area contributed by atoms with Gasteiger partial charge in [-0.1, -0.05) is 45.9 Å². The standard InChI is InChI=1S/C15H16N3O/c19-17-18(15-11-12-16-15,13-7-3-1-4-8-13)14-9-5-2-6-10-14/h1-10,15-16H,11-12H2/q+1. The smallest absolute Gasteiger partial charge is 0.181 e. The minimum absolute atomic E-state index is 0.0160. The molecule has 96 valence electrons. The third-order valence-corrected chi connectivity index (χ3v) is 3.68. The Morgan fingerprint density at radius 3 is 1.74 bits per heavy atom. The molecule has 0 saturated carbocycles. The Kier molecular flexibility index (Phi) is 3.11. The molecule has 1 heterocycles. The molecule has 1 saturated heterocycles. The lowest BCUT2D eigenvalue weighted by Gasteiger charge is -2.40. The lowest BCUT2D eigenvalue weighted by Crippen LogP contribution is -2.62. The van der Waals surface area contributed by atoms with Gasteiger partial charge < -0.3 is 0 Å². The molecule has 1 unspecified atom stereocenters. The van der Waals surface area contributed by atoms with Gasteiger partial charge in [-0.25, -0.2) is 0 Å². The van der Waals surface area contributed by atoms with E-state index in [0.29, 0.717) is 0 Å². The Bertz CT molecular complexity index is 513. The summed E-state index contributed by atoms with van der Waals surface area (Å²) in [5.41, 5.74) is 1.78. The van der Waals surface area contributed by atoms with E-state index in [9.17, 15) is 4.91 Å². The molecule has 1 aliphatic rings. The molecule has 2 aromatic rings. The maximum Gasteiger partial charge on any atom is 0.181 e. The highest BCUT2D eigenvalue weighted by atomic mass is 16.3. The second-order valence-electron chi connectivity index (χ2n) is 4.70. The van der Waals surface area contributed by atoms with E-state index in [0.717, 1.165) is 24.3 Å². The number of para-hydroxylation sites is 2. The topological polar surface area (TPSA) is 41.5 Å². The van der Waals surface area contributed by atoms with E-state index in [1.165, 1.54) is 0 Å². The fraction of sp³-hybridized carbons (Fsp3) is 0.200. The van der Waals surface area contributed by atoms with Crippen LogP contribution in [0.4, 0.5) is 11.4 Å². The van der Waals surface area contributed by atoms with Crippen LogP contribution in [0.5, 0.6) is 0 Å². The van der Waals surface area contributed by atoms with Gasteiger partial charge >= 0.3 is 0 Å². The highest BCUT2D eigenvalue weighted by molar-refractivity contribution is 5.58. The highest BCUT2D eigenvalue weighted by Gasteiger charge is 2.47. The molecule has 1 aliphatic heterocycles. The normalized spacial score (nSPS) is 18.6. The van der Waals surface area contributed by atoms with Crippen LogP contribution in [-0.2, 0) is 0 Å². The summed E-state index contributed by atoms with van der Waals surface area (Å²) < 4.78 is -0.0261. The van der Waals surface area contributed by atoms with Crippen molar-refractivity contribution in [2.45, 2.75) is 12.6 Å². The predicted molar refractivity (Wildman–Crippen MR) is 76.5 cm³/mol. The van der Waals surface area contributed by atoms with Crippen LogP contribution in [-0.4, -0.2) is 12.7 Å². The summed E-state index contributed by atoms with van der Waals surface area (Å²) in [6, 6.07) is 19.5. The summed E-state index contributed by atoms with van der Waals surface area (Å²) in [7, 11) is 0. The number of benzene rings is 2. The van der Waals surface area contributed by atoms with E-state index >= 15 is 0 Å². The van der Waals surface area contributed by atoms with Crippen molar-refractivity contribution >= 4 is 11.4 Å². The number of quaternary nitrogens is 1. The summed E-state index contributed by atoms with van der Waals surface area (Å²) >= 11 is 0. The average Bonchev–Trinajstić information content (AvgIpc) is 2.44. The van der Waals surface area contributed by atoms with Crippen molar-refractivity contribution in [2.24, 2.45) is 5.29 Å². The monoisotopic (exact) mass is 254 g/mol. The number of hydrogen-bond acceptors (Lipinski definition) is 3. The number of rotatable bonds is 4. The van der Waals surface area contributed by atoms with Crippen molar-refractivity contribution < 1.29 is 0 Å². The Hall–Kier alpha value is -2.04. The molecular formula is C15H16N3O+. The second-order valence-corrected chi connectivity index (χ2v) is 4.70. The van der Waals surface area contributed by atoms with Crippen LogP contribution in [0.3, 0.4) is 0 Å². The van der Waals surface area contributed by atoms with Gasteiger partial charge in [0.25, 0.3) is 0 Å². The maximum absolute atomic E-state index is 11.7. The number of hydrogen-bond donors (Lipinski definition) is 1. The van der Waals surface area contributed by atoms with E-state index in [1.807, 2.05) is 60.7 Å². The SMILES string of the molecule is O=N[N+](c1ccccc1)(c1ccccc1)C1CCN1. The first-order valence-electron chi connectivity index (χ1n) is 6.46. The zero-order chi connectivity index (χ0) is 13.1. The summed E-state index contributed by atoms with van der Waals surface area (Å²) in [4.78, 5) is 11.7. The van der Waals surface area contributed by atoms with E-state index in [2.05, 4.69) is 10.6 Å². The molecule has 4 nitrogen and oxygen atoms in total. The quantitative estimate of drug-likeness (QED) is 0.516. The van der Waals surface area contributed by atoms with Gasteiger partial charge in [0.05, 0.1) is 0 Å². The first-order valence-corrected chi connectivity index (χ1v) is 6.46. The minimum Gasteiger partial charge on any atom is -0.265 e. The fourth-order valence-corrected chi connectivity index (χ4v) is 2.56. The Morgan fingerprint density at radius 2 is 1.42 bits per heavy atom. The van der Waals surface area contributed by atoms with Crippen molar-refractivity contribution in [2.75, 3.05) is 6.54 Å². The molecule has 19 heavy (non-hydrogen) atoms. The number of nitrogens with one attached hydrogen (secondary N) is 1. The fourth-order valence-electron chi connectivity index (χ4n) is 2.56. The van der Waals surface area contributed by atoms with Crippen LogP contribution >= 0.6 is 0 Å². The second kappa shape index (κ2) is 4.91. The van der Waals surface area contributed by atoms with Gasteiger partial charge in [0.1, 0.15) is 0 Å². The molecule has 4 heteroatoms. The van der Waals surface area contributed by atoms with Gasteiger partial charge in [-0.2, -0.15) is 0 Å². The summed E-state index contributed by atoms with van der Waals surface area (Å²) in [6.07, 6.45) is 0.956. The molecule has 3 rings (SSSR count). The van der Waals surface area contributed by atoms with Gasteiger partial charge in [-0.15, -0.1) is 0 Å². The van der Waals surface area contributed by atoms with Crippen LogP contribution in [0.2, 0.25) is 0 Å². The van der Waals surface area contributed by atoms with E-state index < -0.39 is 0 Å². The Morgan fingerprint density at radius 1 is 0.947 bits per heavy atom. The molecule has 1 fully saturated rings. The molecule has 0 radical (unpaired) electrons. The minimum atomic E-state index is -0.0261. The Labute approximate surface area is 112 Å². The molecular weight excluding hydrogens is 238 g/mol. The molecule has 0 aromatic heterocycles. The largest absolute Gasteiger partial charge is 0.265 e. The van der Waals surface area contributed by atoms with Crippen LogP contribution in [0.1, 0.15) is 6.42 Å². The van der Waals surface area contributed by atoms with Gasteiger partial charge in [0, 0.05) is 37.2 Å². The third-order valence-electron chi connectivity index (χ3n) is 3.68. The van der Waals surface area contributed by atoms with Crippen molar-refractivity contribution in [1.82, 2.24) is 9.91 Å². The number of nitrogens with zero attached hydrogens (tertiary/aromatic N) is 2. The van der Waals surface area contributed by atoms with E-state index in [1.54, 1.807) is 0 Å². The lowest BCUT2D eigenvalue weighted by atomic mass is 10.1. The summed E-state index contributed by atoms with van der Waals surface area (Å²) in [5, 5.41) is 6.82. The van der Waals surface area contributed by atoms with Crippen LogP contribution in [0.15, 0.2) is 65.9 Å². The van der Waals surface area contributed by atoms with Gasteiger partial charge in [-0.05, 0) is 0 Å². The molecule has 2 aromatic carbocycles. The zero-order valence-electron chi connectivity index (χ0n) is 10.6. The van der Waals surface area contributed by atoms with Crippen molar-refractivity contribution in [1.29, 1.82) is 0 Å². The summed E-state index contributed by atoms with van der Waals surface area (Å²) in [6.45, 7) is 0.930. The van der Waals surface area contributed by atoms with Gasteiger partial charge in [-0.3, -0.25) is 5.32 Å². The van der Waals surface area contributed by atoms with Crippen LogP contribution < -0.4 is 9.91 Å². The van der Waals surface area contributed by atoms with Crippen LogP contribution in [0, 0.1) is 4.91 Å². The van der Waals surface area contributed by atoms with Crippen molar-refractivity contribution in [3.63, 3.8) is 0 Å². The van der Waals surface area contributed by atoms with Gasteiger partial charge in [0.2, 0.25) is 0 Å². The van der Waals surface area contributed by atoms with E-state index in [-0.39, 0.29) is 10.8 Å². The highest BCUT2D eigenvalue weighted by Crippen LogP contribution is 2.39. The molecule has 1 atom stereocenters. The maximum atomic E-state index is 11.7. The molecule has 0 aliphatic carbocycles. The molecule has 1 N–H and O–H groups in total. The summed E-state index contributed by atoms with van der Waals surface area (Å²) in [5.74, 6) is 0. The van der Waals surface area contributed by atoms with Gasteiger partial charge in [0.15, 0.2) is 22.8 Å². The Balaban J connectivity index is 2.17. The molecule has 0 amide bonds. The third kappa shape index (κ3) is 1.85. The van der Waals surface area contributed by atoms with Crippen molar-refractivity contribution in [3.8, 4) is 0 Å². The zero-order valence-corrected chi connectivity index (χ0v) is 10.6. The first-order chi connectivity index (χ1) is 9.38.